The molecule has 1 rings (SSSR count). The molecule has 0 saturated heterocycles. The Bertz CT molecular complexity index is 635. The minimum absolute atomic E-state index is 0.0772. The smallest absolute Gasteiger partial charge is 0.303 e. The van der Waals surface area contributed by atoms with Gasteiger partial charge in [0.2, 0.25) is 11.8 Å². The van der Waals surface area contributed by atoms with Gasteiger partial charge in [0.15, 0.2) is 0 Å². The first-order chi connectivity index (χ1) is 13.5. The molecule has 0 aliphatic carbocycles. The summed E-state index contributed by atoms with van der Waals surface area (Å²) in [6.07, 6.45) is 6.62. The highest BCUT2D eigenvalue weighted by Crippen LogP contribution is 2.08. The van der Waals surface area contributed by atoms with Crippen LogP contribution in [0.4, 0.5) is 0 Å². The summed E-state index contributed by atoms with van der Waals surface area (Å²) in [4.78, 5) is 38.0. The summed E-state index contributed by atoms with van der Waals surface area (Å²) in [5.41, 5.74) is 0.874. The van der Waals surface area contributed by atoms with Gasteiger partial charge in [0.25, 0.3) is 0 Å². The van der Waals surface area contributed by atoms with E-state index < -0.39 is 17.9 Å². The lowest BCUT2D eigenvalue weighted by atomic mass is 10.1. The molecule has 2 amide bonds. The maximum atomic E-state index is 13.0. The first-order valence-corrected chi connectivity index (χ1v) is 10.0. The highest BCUT2D eigenvalue weighted by Gasteiger charge is 2.25. The van der Waals surface area contributed by atoms with Gasteiger partial charge < -0.3 is 15.3 Å². The molecular formula is C22H32N2O4. The van der Waals surface area contributed by atoms with Crippen molar-refractivity contribution in [3.63, 3.8) is 0 Å². The van der Waals surface area contributed by atoms with E-state index in [0.717, 1.165) is 31.2 Å². The molecule has 0 fully saturated rings. The maximum Gasteiger partial charge on any atom is 0.303 e. The SMILES string of the molecule is CCCCN(CCCC)C(=O)[C@H](CCC(=O)O)NC(=O)C=Cc1ccccc1. The van der Waals surface area contributed by atoms with E-state index in [1.165, 1.54) is 6.08 Å². The van der Waals surface area contributed by atoms with Gasteiger partial charge >= 0.3 is 5.97 Å². The molecule has 0 heterocycles. The molecule has 1 aromatic rings. The van der Waals surface area contributed by atoms with Crippen LogP contribution in [0.25, 0.3) is 6.08 Å². The lowest BCUT2D eigenvalue weighted by Crippen LogP contribution is -2.49. The normalized spacial score (nSPS) is 11.9. The fraction of sp³-hybridized carbons (Fsp3) is 0.500. The zero-order valence-electron chi connectivity index (χ0n) is 16.9. The number of carboxylic acids is 1. The van der Waals surface area contributed by atoms with Crippen LogP contribution in [-0.2, 0) is 14.4 Å². The Morgan fingerprint density at radius 2 is 1.68 bits per heavy atom. The molecular weight excluding hydrogens is 356 g/mol. The van der Waals surface area contributed by atoms with Gasteiger partial charge in [0.1, 0.15) is 6.04 Å². The molecule has 0 aromatic heterocycles. The van der Waals surface area contributed by atoms with Gasteiger partial charge in [0.05, 0.1) is 0 Å². The lowest BCUT2D eigenvalue weighted by Gasteiger charge is -2.27. The molecule has 6 nitrogen and oxygen atoms in total. The van der Waals surface area contributed by atoms with E-state index in [9.17, 15) is 14.4 Å². The van der Waals surface area contributed by atoms with E-state index >= 15 is 0 Å². The van der Waals surface area contributed by atoms with Crippen molar-refractivity contribution in [3.05, 3.63) is 42.0 Å². The van der Waals surface area contributed by atoms with Crippen LogP contribution in [0.2, 0.25) is 0 Å². The van der Waals surface area contributed by atoms with Crippen LogP contribution >= 0.6 is 0 Å². The third-order valence-corrected chi connectivity index (χ3v) is 4.36. The summed E-state index contributed by atoms with van der Waals surface area (Å²) < 4.78 is 0. The molecule has 0 spiro atoms. The molecule has 0 aliphatic heterocycles. The number of carboxylic acid groups (broad SMARTS) is 1. The van der Waals surface area contributed by atoms with Crippen molar-refractivity contribution in [2.75, 3.05) is 13.1 Å². The van der Waals surface area contributed by atoms with E-state index in [2.05, 4.69) is 19.2 Å². The van der Waals surface area contributed by atoms with Crippen LogP contribution < -0.4 is 5.32 Å². The second-order valence-corrected chi connectivity index (χ2v) is 6.77. The second kappa shape index (κ2) is 13.5. The number of amides is 2. The zero-order chi connectivity index (χ0) is 20.8. The quantitative estimate of drug-likeness (QED) is 0.507. The summed E-state index contributed by atoms with van der Waals surface area (Å²) in [6.45, 7) is 5.35. The monoisotopic (exact) mass is 388 g/mol. The van der Waals surface area contributed by atoms with E-state index in [1.54, 1.807) is 11.0 Å². The van der Waals surface area contributed by atoms with Crippen molar-refractivity contribution in [2.24, 2.45) is 0 Å². The largest absolute Gasteiger partial charge is 0.481 e. The van der Waals surface area contributed by atoms with Gasteiger partial charge in [-0.25, -0.2) is 0 Å². The summed E-state index contributed by atoms with van der Waals surface area (Å²) in [5.74, 6) is -1.59. The number of hydrogen-bond acceptors (Lipinski definition) is 3. The first-order valence-electron chi connectivity index (χ1n) is 10.0. The van der Waals surface area contributed by atoms with Gasteiger partial charge in [-0.3, -0.25) is 14.4 Å². The average molecular weight is 389 g/mol. The Labute approximate surface area is 167 Å². The number of nitrogens with zero attached hydrogens (tertiary/aromatic N) is 1. The second-order valence-electron chi connectivity index (χ2n) is 6.77. The molecule has 1 atom stereocenters. The number of carbonyl (C=O) groups is 3. The topological polar surface area (TPSA) is 86.7 Å². The number of aliphatic carboxylic acids is 1. The maximum absolute atomic E-state index is 13.0. The van der Waals surface area contributed by atoms with Crippen molar-refractivity contribution >= 4 is 23.9 Å². The number of rotatable bonds is 13. The Kier molecular flexibility index (Phi) is 11.3. The summed E-state index contributed by atoms with van der Waals surface area (Å²) in [7, 11) is 0. The summed E-state index contributed by atoms with van der Waals surface area (Å²) in [6, 6.07) is 8.53. The van der Waals surface area contributed by atoms with Crippen LogP contribution in [0, 0.1) is 0 Å². The third kappa shape index (κ3) is 9.35. The van der Waals surface area contributed by atoms with Gasteiger partial charge in [-0.05, 0) is 30.9 Å². The van der Waals surface area contributed by atoms with Crippen LogP contribution in [-0.4, -0.2) is 46.9 Å². The van der Waals surface area contributed by atoms with Gasteiger partial charge in [-0.2, -0.15) is 0 Å². The minimum Gasteiger partial charge on any atom is -0.481 e. The van der Waals surface area contributed by atoms with Gasteiger partial charge in [-0.1, -0.05) is 57.0 Å². The third-order valence-electron chi connectivity index (χ3n) is 4.36. The molecule has 0 radical (unpaired) electrons. The molecule has 1 aromatic carbocycles. The Balaban J connectivity index is 2.83. The van der Waals surface area contributed by atoms with Crippen LogP contribution in [0.1, 0.15) is 57.9 Å². The van der Waals surface area contributed by atoms with Crippen molar-refractivity contribution in [2.45, 2.75) is 58.4 Å². The van der Waals surface area contributed by atoms with E-state index in [4.69, 9.17) is 5.11 Å². The van der Waals surface area contributed by atoms with Crippen molar-refractivity contribution in [3.8, 4) is 0 Å². The highest BCUT2D eigenvalue weighted by molar-refractivity contribution is 5.95. The zero-order valence-corrected chi connectivity index (χ0v) is 16.9. The molecule has 6 heteroatoms. The average Bonchev–Trinajstić information content (AvgIpc) is 2.70. The number of benzene rings is 1. The minimum atomic E-state index is -0.986. The predicted molar refractivity (Wildman–Crippen MR) is 111 cm³/mol. The van der Waals surface area contributed by atoms with Crippen LogP contribution in [0.3, 0.4) is 0 Å². The lowest BCUT2D eigenvalue weighted by molar-refractivity contribution is -0.139. The fourth-order valence-corrected chi connectivity index (χ4v) is 2.73. The summed E-state index contributed by atoms with van der Waals surface area (Å²) >= 11 is 0. The standard InChI is InChI=1S/C22H32N2O4/c1-3-5-16-24(17-6-4-2)22(28)19(13-15-21(26)27)23-20(25)14-12-18-10-8-7-9-11-18/h7-12,14,19H,3-6,13,15-17H2,1-2H3,(H,23,25)(H,26,27)/t19-/m0/s1. The number of unbranched alkanes of at least 4 members (excludes halogenated alkanes) is 2. The molecule has 28 heavy (non-hydrogen) atoms. The molecule has 0 aliphatic rings. The molecule has 0 bridgehead atoms. The van der Waals surface area contributed by atoms with Crippen molar-refractivity contribution in [1.29, 1.82) is 0 Å². The van der Waals surface area contributed by atoms with Crippen molar-refractivity contribution < 1.29 is 19.5 Å². The Hall–Kier alpha value is -2.63. The Morgan fingerprint density at radius 1 is 1.07 bits per heavy atom. The predicted octanol–water partition coefficient (Wildman–Crippen LogP) is 3.48. The first kappa shape index (κ1) is 23.4. The fourth-order valence-electron chi connectivity index (χ4n) is 2.73. The van der Waals surface area contributed by atoms with Gasteiger partial charge in [0, 0.05) is 25.6 Å². The van der Waals surface area contributed by atoms with Crippen LogP contribution in [0.15, 0.2) is 36.4 Å². The number of nitrogens with one attached hydrogen (secondary N) is 1. The van der Waals surface area contributed by atoms with E-state index in [1.807, 2.05) is 30.3 Å². The molecule has 2 N–H and O–H groups in total. The van der Waals surface area contributed by atoms with E-state index in [-0.39, 0.29) is 18.7 Å². The molecule has 0 unspecified atom stereocenters. The summed E-state index contributed by atoms with van der Waals surface area (Å²) in [5, 5.41) is 11.7. The number of carbonyl (C=O) groups excluding carboxylic acids is 2. The van der Waals surface area contributed by atoms with Crippen LogP contribution in [0.5, 0.6) is 0 Å². The molecule has 154 valence electrons. The number of hydrogen-bond donors (Lipinski definition) is 2. The van der Waals surface area contributed by atoms with Gasteiger partial charge in [-0.15, -0.1) is 0 Å². The highest BCUT2D eigenvalue weighted by atomic mass is 16.4. The van der Waals surface area contributed by atoms with Crippen molar-refractivity contribution in [1.82, 2.24) is 10.2 Å². The Morgan fingerprint density at radius 3 is 2.21 bits per heavy atom. The molecule has 0 saturated carbocycles. The van der Waals surface area contributed by atoms with E-state index in [0.29, 0.717) is 13.1 Å².